The molecule has 0 amide bonds. The third-order valence-corrected chi connectivity index (χ3v) is 2.96. The number of para-hydroxylation sites is 1. The van der Waals surface area contributed by atoms with Crippen LogP contribution in [0.1, 0.15) is 17.3 Å². The topological polar surface area (TPSA) is 82.2 Å². The van der Waals surface area contributed by atoms with Crippen LogP contribution in [0, 0.1) is 0 Å². The molecule has 0 aliphatic rings. The summed E-state index contributed by atoms with van der Waals surface area (Å²) in [6.07, 6.45) is 5.39. The maximum absolute atomic E-state index is 11.6. The largest absolute Gasteiger partial charge is 0.465 e. The van der Waals surface area contributed by atoms with Crippen molar-refractivity contribution in [3.05, 3.63) is 42.5 Å². The van der Waals surface area contributed by atoms with Gasteiger partial charge in [0.05, 0.1) is 30.4 Å². The summed E-state index contributed by atoms with van der Waals surface area (Å²) in [6.45, 7) is 2.78. The van der Waals surface area contributed by atoms with Gasteiger partial charge in [0.2, 0.25) is 0 Å². The summed E-state index contributed by atoms with van der Waals surface area (Å²) in [4.78, 5) is 15.6. The van der Waals surface area contributed by atoms with Crippen molar-refractivity contribution in [1.29, 1.82) is 0 Å². The molecule has 0 saturated carbocycles. The highest BCUT2D eigenvalue weighted by molar-refractivity contribution is 5.98. The lowest BCUT2D eigenvalue weighted by atomic mass is 10.1. The minimum atomic E-state index is -0.437. The number of nitrogens with zero attached hydrogens (tertiary/aromatic N) is 2. The number of methoxy groups -OCH3 is 1. The van der Waals surface area contributed by atoms with E-state index in [1.165, 1.54) is 7.11 Å². The highest BCUT2D eigenvalue weighted by atomic mass is 16.5. The highest BCUT2D eigenvalue weighted by Crippen LogP contribution is 2.24. The number of anilines is 2. The Labute approximate surface area is 117 Å². The van der Waals surface area contributed by atoms with Crippen molar-refractivity contribution in [2.45, 2.75) is 19.5 Å². The second-order valence-corrected chi connectivity index (χ2v) is 4.56. The smallest absolute Gasteiger partial charge is 0.340 e. The lowest BCUT2D eigenvalue weighted by Crippen LogP contribution is -2.22. The number of esters is 1. The second-order valence-electron chi connectivity index (χ2n) is 4.56. The molecule has 1 aromatic carbocycles. The van der Waals surface area contributed by atoms with E-state index < -0.39 is 5.97 Å². The van der Waals surface area contributed by atoms with Crippen molar-refractivity contribution in [2.75, 3.05) is 18.2 Å². The molecule has 0 aliphatic carbocycles. The quantitative estimate of drug-likeness (QED) is 0.641. The van der Waals surface area contributed by atoms with E-state index in [0.29, 0.717) is 11.3 Å². The molecule has 20 heavy (non-hydrogen) atoms. The summed E-state index contributed by atoms with van der Waals surface area (Å²) in [6, 6.07) is 5.40. The zero-order valence-corrected chi connectivity index (χ0v) is 11.5. The normalized spacial score (nSPS) is 11.9. The Morgan fingerprint density at radius 2 is 2.35 bits per heavy atom. The summed E-state index contributed by atoms with van der Waals surface area (Å²) in [5, 5.41) is 3.29. The molecule has 3 N–H and O–H groups in total. The van der Waals surface area contributed by atoms with Gasteiger partial charge in [0.1, 0.15) is 0 Å². The van der Waals surface area contributed by atoms with Gasteiger partial charge >= 0.3 is 5.97 Å². The maximum atomic E-state index is 11.6. The van der Waals surface area contributed by atoms with E-state index in [2.05, 4.69) is 10.3 Å². The molecule has 2 aromatic rings. The molecular weight excluding hydrogens is 256 g/mol. The van der Waals surface area contributed by atoms with Crippen molar-refractivity contribution >= 4 is 17.3 Å². The summed E-state index contributed by atoms with van der Waals surface area (Å²) in [5.41, 5.74) is 7.49. The van der Waals surface area contributed by atoms with Crippen LogP contribution in [-0.2, 0) is 11.3 Å². The van der Waals surface area contributed by atoms with Gasteiger partial charge in [0, 0.05) is 25.0 Å². The Kier molecular flexibility index (Phi) is 4.24. The Balaban J connectivity index is 2.11. The Bertz CT molecular complexity index is 581. The number of carbonyl (C=O) groups excluding carboxylic acids is 1. The van der Waals surface area contributed by atoms with Crippen molar-refractivity contribution in [1.82, 2.24) is 9.55 Å². The average molecular weight is 274 g/mol. The Morgan fingerprint density at radius 3 is 3.00 bits per heavy atom. The Morgan fingerprint density at radius 1 is 1.55 bits per heavy atom. The number of benzene rings is 1. The average Bonchev–Trinajstić information content (AvgIpc) is 2.93. The van der Waals surface area contributed by atoms with Gasteiger partial charge in [-0.2, -0.15) is 0 Å². The standard InChI is InChI=1S/C14H18N4O2/c1-10(8-18-7-6-16-9-18)17-12-5-3-4-11(13(12)15)14(19)20-2/h3-7,9-10,17H,8,15H2,1-2H3. The lowest BCUT2D eigenvalue weighted by molar-refractivity contribution is 0.0602. The van der Waals surface area contributed by atoms with Crippen LogP contribution < -0.4 is 11.1 Å². The number of ether oxygens (including phenoxy) is 1. The van der Waals surface area contributed by atoms with Gasteiger partial charge in [-0.1, -0.05) is 6.07 Å². The number of nitrogen functional groups attached to an aromatic ring is 1. The third kappa shape index (κ3) is 3.09. The molecule has 0 bridgehead atoms. The fraction of sp³-hybridized carbons (Fsp3) is 0.286. The number of aromatic nitrogens is 2. The molecule has 0 saturated heterocycles. The van der Waals surface area contributed by atoms with Crippen LogP contribution in [0.4, 0.5) is 11.4 Å². The van der Waals surface area contributed by atoms with E-state index in [9.17, 15) is 4.79 Å². The SMILES string of the molecule is COC(=O)c1cccc(NC(C)Cn2ccnc2)c1N. The molecule has 6 heteroatoms. The van der Waals surface area contributed by atoms with Crippen LogP contribution in [0.3, 0.4) is 0 Å². The number of rotatable bonds is 5. The predicted octanol–water partition coefficient (Wildman–Crippen LogP) is 1.75. The Hall–Kier alpha value is -2.50. The lowest BCUT2D eigenvalue weighted by Gasteiger charge is -2.18. The van der Waals surface area contributed by atoms with Crippen molar-refractivity contribution in [2.24, 2.45) is 0 Å². The molecule has 1 atom stereocenters. The molecule has 1 unspecified atom stereocenters. The van der Waals surface area contributed by atoms with Crippen LogP contribution in [-0.4, -0.2) is 28.7 Å². The highest BCUT2D eigenvalue weighted by Gasteiger charge is 2.13. The van der Waals surface area contributed by atoms with E-state index in [4.69, 9.17) is 10.5 Å². The van der Waals surface area contributed by atoms with Gasteiger partial charge < -0.3 is 20.4 Å². The first-order valence-electron chi connectivity index (χ1n) is 6.31. The molecule has 1 aromatic heterocycles. The first-order chi connectivity index (χ1) is 9.61. The van der Waals surface area contributed by atoms with Gasteiger partial charge in [-0.05, 0) is 19.1 Å². The van der Waals surface area contributed by atoms with E-state index in [0.717, 1.165) is 12.2 Å². The van der Waals surface area contributed by atoms with Gasteiger partial charge in [-0.15, -0.1) is 0 Å². The third-order valence-electron chi connectivity index (χ3n) is 2.96. The molecule has 6 nitrogen and oxygen atoms in total. The molecule has 2 rings (SSSR count). The minimum Gasteiger partial charge on any atom is -0.465 e. The fourth-order valence-corrected chi connectivity index (χ4v) is 2.00. The van der Waals surface area contributed by atoms with Crippen molar-refractivity contribution in [3.63, 3.8) is 0 Å². The first kappa shape index (κ1) is 13.9. The summed E-state index contributed by atoms with van der Waals surface area (Å²) in [7, 11) is 1.34. The van der Waals surface area contributed by atoms with Crippen LogP contribution in [0.15, 0.2) is 36.9 Å². The molecular formula is C14H18N4O2. The fourth-order valence-electron chi connectivity index (χ4n) is 2.00. The summed E-state index contributed by atoms with van der Waals surface area (Å²) < 4.78 is 6.67. The van der Waals surface area contributed by atoms with Crippen LogP contribution in [0.5, 0.6) is 0 Å². The number of hydrogen-bond donors (Lipinski definition) is 2. The molecule has 106 valence electrons. The predicted molar refractivity (Wildman–Crippen MR) is 77.5 cm³/mol. The molecule has 0 aliphatic heterocycles. The number of carbonyl (C=O) groups is 1. The van der Waals surface area contributed by atoms with Crippen LogP contribution in [0.2, 0.25) is 0 Å². The monoisotopic (exact) mass is 274 g/mol. The van der Waals surface area contributed by atoms with E-state index in [-0.39, 0.29) is 6.04 Å². The number of hydrogen-bond acceptors (Lipinski definition) is 5. The van der Waals surface area contributed by atoms with Gasteiger partial charge in [0.15, 0.2) is 0 Å². The van der Waals surface area contributed by atoms with Crippen molar-refractivity contribution < 1.29 is 9.53 Å². The molecule has 0 radical (unpaired) electrons. The number of imidazole rings is 1. The zero-order valence-electron chi connectivity index (χ0n) is 11.5. The minimum absolute atomic E-state index is 0.138. The van der Waals surface area contributed by atoms with Crippen molar-refractivity contribution in [3.8, 4) is 0 Å². The maximum Gasteiger partial charge on any atom is 0.340 e. The first-order valence-corrected chi connectivity index (χ1v) is 6.31. The second kappa shape index (κ2) is 6.10. The number of nitrogens with two attached hydrogens (primary N) is 1. The van der Waals surface area contributed by atoms with E-state index in [1.807, 2.05) is 23.8 Å². The molecule has 1 heterocycles. The summed E-state index contributed by atoms with van der Waals surface area (Å²) >= 11 is 0. The van der Waals surface area contributed by atoms with Gasteiger partial charge in [0.25, 0.3) is 0 Å². The number of nitrogens with one attached hydrogen (secondary N) is 1. The summed E-state index contributed by atoms with van der Waals surface area (Å²) in [5.74, 6) is -0.437. The van der Waals surface area contributed by atoms with E-state index >= 15 is 0 Å². The van der Waals surface area contributed by atoms with E-state index in [1.54, 1.807) is 24.7 Å². The van der Waals surface area contributed by atoms with Gasteiger partial charge in [-0.3, -0.25) is 0 Å². The van der Waals surface area contributed by atoms with Gasteiger partial charge in [-0.25, -0.2) is 9.78 Å². The molecule has 0 fully saturated rings. The van der Waals surface area contributed by atoms with Crippen LogP contribution >= 0.6 is 0 Å². The van der Waals surface area contributed by atoms with Crippen LogP contribution in [0.25, 0.3) is 0 Å². The zero-order chi connectivity index (χ0) is 14.5. The molecule has 0 spiro atoms.